The van der Waals surface area contributed by atoms with Gasteiger partial charge < -0.3 is 9.90 Å². The van der Waals surface area contributed by atoms with E-state index in [2.05, 4.69) is 0 Å². The van der Waals surface area contributed by atoms with Gasteiger partial charge in [0.05, 0.1) is 5.56 Å². The van der Waals surface area contributed by atoms with E-state index in [1.807, 2.05) is 36.4 Å². The smallest absolute Gasteiger partial charge is 0.335 e. The van der Waals surface area contributed by atoms with Crippen molar-refractivity contribution >= 4 is 29.1 Å². The van der Waals surface area contributed by atoms with Gasteiger partial charge in [-0.3, -0.25) is 0 Å². The first kappa shape index (κ1) is 13.0. The van der Waals surface area contributed by atoms with E-state index in [9.17, 15) is 9.59 Å². The molecule has 96 valence electrons. The largest absolute Gasteiger partial charge is 0.478 e. The molecule has 0 spiro atoms. The maximum absolute atomic E-state index is 10.9. The Bertz CT molecular complexity index is 641. The predicted octanol–water partition coefficient (Wildman–Crippen LogP) is 3.53. The van der Waals surface area contributed by atoms with Gasteiger partial charge in [0, 0.05) is 6.42 Å². The SMILES string of the molecule is O=CCC/C=C/c1ccc2cc(C(=O)O)ccc2c1. The van der Waals surface area contributed by atoms with Gasteiger partial charge in [-0.05, 0) is 41.0 Å². The number of carbonyl (C=O) groups excluding carboxylic acids is 1. The van der Waals surface area contributed by atoms with Crippen molar-refractivity contribution in [1.82, 2.24) is 0 Å². The summed E-state index contributed by atoms with van der Waals surface area (Å²) in [7, 11) is 0. The molecule has 0 heterocycles. The number of carbonyl (C=O) groups is 2. The van der Waals surface area contributed by atoms with Crippen LogP contribution in [0.25, 0.3) is 16.8 Å². The molecule has 0 bridgehead atoms. The average molecular weight is 254 g/mol. The molecule has 2 rings (SSSR count). The van der Waals surface area contributed by atoms with E-state index in [-0.39, 0.29) is 0 Å². The van der Waals surface area contributed by atoms with Crippen molar-refractivity contribution < 1.29 is 14.7 Å². The molecule has 0 fully saturated rings. The first-order chi connectivity index (χ1) is 9.20. The molecule has 0 unspecified atom stereocenters. The van der Waals surface area contributed by atoms with E-state index in [4.69, 9.17) is 5.11 Å². The Kier molecular flexibility index (Phi) is 4.08. The number of benzene rings is 2. The molecule has 0 aliphatic rings. The third-order valence-corrected chi connectivity index (χ3v) is 2.87. The van der Waals surface area contributed by atoms with Crippen LogP contribution in [0, 0.1) is 0 Å². The topological polar surface area (TPSA) is 54.4 Å². The minimum absolute atomic E-state index is 0.293. The minimum Gasteiger partial charge on any atom is -0.478 e. The van der Waals surface area contributed by atoms with E-state index < -0.39 is 5.97 Å². The molecule has 0 amide bonds. The normalized spacial score (nSPS) is 10.9. The zero-order valence-electron chi connectivity index (χ0n) is 10.4. The summed E-state index contributed by atoms with van der Waals surface area (Å²) in [5.41, 5.74) is 1.34. The molecule has 0 atom stereocenters. The predicted molar refractivity (Wildman–Crippen MR) is 75.2 cm³/mol. The van der Waals surface area contributed by atoms with Crippen LogP contribution >= 0.6 is 0 Å². The Morgan fingerprint density at radius 3 is 2.53 bits per heavy atom. The average Bonchev–Trinajstić information content (AvgIpc) is 2.43. The molecule has 1 N–H and O–H groups in total. The Morgan fingerprint density at radius 2 is 1.79 bits per heavy atom. The van der Waals surface area contributed by atoms with Crippen molar-refractivity contribution in [2.45, 2.75) is 12.8 Å². The van der Waals surface area contributed by atoms with Crippen LogP contribution in [0.15, 0.2) is 42.5 Å². The molecule has 3 nitrogen and oxygen atoms in total. The zero-order chi connectivity index (χ0) is 13.7. The third kappa shape index (κ3) is 3.28. The highest BCUT2D eigenvalue weighted by atomic mass is 16.4. The number of carboxylic acids is 1. The highest BCUT2D eigenvalue weighted by Crippen LogP contribution is 2.19. The van der Waals surface area contributed by atoms with Crippen LogP contribution in [-0.4, -0.2) is 17.4 Å². The third-order valence-electron chi connectivity index (χ3n) is 2.87. The number of unbranched alkanes of at least 4 members (excludes halogenated alkanes) is 1. The molecular formula is C16H14O3. The Hall–Kier alpha value is -2.42. The summed E-state index contributed by atoms with van der Waals surface area (Å²) in [6, 6.07) is 10.9. The van der Waals surface area contributed by atoms with Crippen molar-refractivity contribution in [3.05, 3.63) is 53.6 Å². The van der Waals surface area contributed by atoms with Gasteiger partial charge in [0.25, 0.3) is 0 Å². The maximum atomic E-state index is 10.9. The standard InChI is InChI=1S/C16H14O3/c17-9-3-1-2-4-12-5-6-14-11-15(16(18)19)8-7-13(14)10-12/h2,4-11H,1,3H2,(H,18,19)/b4-2+. The summed E-state index contributed by atoms with van der Waals surface area (Å²) in [6.07, 6.45) is 6.10. The number of aldehydes is 1. The Balaban J connectivity index is 2.26. The summed E-state index contributed by atoms with van der Waals surface area (Å²) in [5, 5.41) is 10.8. The molecular weight excluding hydrogens is 240 g/mol. The van der Waals surface area contributed by atoms with E-state index in [0.29, 0.717) is 12.0 Å². The van der Waals surface area contributed by atoms with Gasteiger partial charge in [-0.1, -0.05) is 30.4 Å². The van der Waals surface area contributed by atoms with E-state index >= 15 is 0 Å². The van der Waals surface area contributed by atoms with E-state index in [1.165, 1.54) is 0 Å². The van der Waals surface area contributed by atoms with Gasteiger partial charge >= 0.3 is 5.97 Å². The second-order valence-corrected chi connectivity index (χ2v) is 4.27. The number of carboxylic acid groups (broad SMARTS) is 1. The second-order valence-electron chi connectivity index (χ2n) is 4.27. The van der Waals surface area contributed by atoms with Crippen molar-refractivity contribution in [3.63, 3.8) is 0 Å². The van der Waals surface area contributed by atoms with Gasteiger partial charge in [-0.25, -0.2) is 4.79 Å². The fourth-order valence-electron chi connectivity index (χ4n) is 1.88. The summed E-state index contributed by atoms with van der Waals surface area (Å²) in [6.45, 7) is 0. The Morgan fingerprint density at radius 1 is 1.05 bits per heavy atom. The van der Waals surface area contributed by atoms with Crippen molar-refractivity contribution in [1.29, 1.82) is 0 Å². The Labute approximate surface area is 111 Å². The minimum atomic E-state index is -0.917. The lowest BCUT2D eigenvalue weighted by Gasteiger charge is -2.01. The van der Waals surface area contributed by atoms with Crippen molar-refractivity contribution in [2.24, 2.45) is 0 Å². The highest BCUT2D eigenvalue weighted by molar-refractivity contribution is 5.94. The van der Waals surface area contributed by atoms with Gasteiger partial charge in [0.15, 0.2) is 0 Å². The van der Waals surface area contributed by atoms with E-state index in [0.717, 1.165) is 29.0 Å². The number of aromatic carboxylic acids is 1. The van der Waals surface area contributed by atoms with Crippen LogP contribution in [0.3, 0.4) is 0 Å². The monoisotopic (exact) mass is 254 g/mol. The molecule has 0 radical (unpaired) electrons. The maximum Gasteiger partial charge on any atom is 0.335 e. The van der Waals surface area contributed by atoms with Gasteiger partial charge in [-0.15, -0.1) is 0 Å². The van der Waals surface area contributed by atoms with Crippen LogP contribution in [0.5, 0.6) is 0 Å². The molecule has 3 heteroatoms. The molecule has 2 aromatic carbocycles. The first-order valence-electron chi connectivity index (χ1n) is 6.08. The summed E-state index contributed by atoms with van der Waals surface area (Å²) in [5.74, 6) is -0.917. The number of allylic oxidation sites excluding steroid dienone is 1. The number of fused-ring (bicyclic) bond motifs is 1. The molecule has 0 saturated heterocycles. The fourth-order valence-corrected chi connectivity index (χ4v) is 1.88. The van der Waals surface area contributed by atoms with Gasteiger partial charge in [0.2, 0.25) is 0 Å². The summed E-state index contributed by atoms with van der Waals surface area (Å²) in [4.78, 5) is 21.1. The zero-order valence-corrected chi connectivity index (χ0v) is 10.4. The molecule has 2 aromatic rings. The summed E-state index contributed by atoms with van der Waals surface area (Å²) < 4.78 is 0. The molecule has 0 saturated carbocycles. The second kappa shape index (κ2) is 5.96. The summed E-state index contributed by atoms with van der Waals surface area (Å²) >= 11 is 0. The van der Waals surface area contributed by atoms with Crippen LogP contribution < -0.4 is 0 Å². The van der Waals surface area contributed by atoms with E-state index in [1.54, 1.807) is 12.1 Å². The molecule has 0 aliphatic heterocycles. The van der Waals surface area contributed by atoms with Crippen molar-refractivity contribution in [2.75, 3.05) is 0 Å². The van der Waals surface area contributed by atoms with Crippen LogP contribution in [0.2, 0.25) is 0 Å². The van der Waals surface area contributed by atoms with Crippen LogP contribution in [0.4, 0.5) is 0 Å². The highest BCUT2D eigenvalue weighted by Gasteiger charge is 2.03. The van der Waals surface area contributed by atoms with Crippen LogP contribution in [0.1, 0.15) is 28.8 Å². The molecule has 0 aromatic heterocycles. The molecule has 19 heavy (non-hydrogen) atoms. The number of hydrogen-bond donors (Lipinski definition) is 1. The lowest BCUT2D eigenvalue weighted by molar-refractivity contribution is -0.107. The van der Waals surface area contributed by atoms with Gasteiger partial charge in [-0.2, -0.15) is 0 Å². The van der Waals surface area contributed by atoms with Gasteiger partial charge in [0.1, 0.15) is 6.29 Å². The van der Waals surface area contributed by atoms with Crippen molar-refractivity contribution in [3.8, 4) is 0 Å². The fraction of sp³-hybridized carbons (Fsp3) is 0.125. The number of hydrogen-bond acceptors (Lipinski definition) is 2. The number of rotatable bonds is 5. The lowest BCUT2D eigenvalue weighted by Crippen LogP contribution is -1.95. The quantitative estimate of drug-likeness (QED) is 0.656. The lowest BCUT2D eigenvalue weighted by atomic mass is 10.0. The van der Waals surface area contributed by atoms with Crippen LogP contribution in [-0.2, 0) is 4.79 Å². The molecule has 0 aliphatic carbocycles. The first-order valence-corrected chi connectivity index (χ1v) is 6.08.